The van der Waals surface area contributed by atoms with Gasteiger partial charge in [0.2, 0.25) is 0 Å². The Balaban J connectivity index is 1.43. The van der Waals surface area contributed by atoms with Crippen molar-refractivity contribution in [1.29, 1.82) is 0 Å². The van der Waals surface area contributed by atoms with Crippen LogP contribution < -0.4 is 14.4 Å². The molecular formula is C23H25ClN4O3. The van der Waals surface area contributed by atoms with Gasteiger partial charge in [0.05, 0.1) is 25.8 Å². The fourth-order valence-corrected chi connectivity index (χ4v) is 4.39. The summed E-state index contributed by atoms with van der Waals surface area (Å²) >= 11 is 6.26. The van der Waals surface area contributed by atoms with Gasteiger partial charge in [-0.3, -0.25) is 4.90 Å². The topological polar surface area (TPSA) is 60.0 Å². The van der Waals surface area contributed by atoms with E-state index in [4.69, 9.17) is 25.8 Å². The summed E-state index contributed by atoms with van der Waals surface area (Å²) < 4.78 is 17.1. The van der Waals surface area contributed by atoms with Crippen LogP contribution >= 0.6 is 11.6 Å². The van der Waals surface area contributed by atoms with Crippen LogP contribution in [0, 0.1) is 0 Å². The van der Waals surface area contributed by atoms with Crippen LogP contribution in [0.2, 0.25) is 5.02 Å². The zero-order valence-electron chi connectivity index (χ0n) is 17.5. The normalized spacial score (nSPS) is 16.5. The van der Waals surface area contributed by atoms with Gasteiger partial charge in [-0.15, -0.1) is 0 Å². The van der Waals surface area contributed by atoms with Crippen molar-refractivity contribution in [2.45, 2.75) is 6.42 Å². The largest absolute Gasteiger partial charge is 0.493 e. The SMILES string of the molecule is COc1cc2c(N3CCc4ccc(Cl)cc43)ncnc2cc1OCCN1CCOCC1. The molecule has 162 valence electrons. The van der Waals surface area contributed by atoms with E-state index in [-0.39, 0.29) is 0 Å². The van der Waals surface area contributed by atoms with E-state index in [2.05, 4.69) is 25.8 Å². The zero-order chi connectivity index (χ0) is 21.2. The van der Waals surface area contributed by atoms with Gasteiger partial charge in [0.15, 0.2) is 11.5 Å². The average molecular weight is 441 g/mol. The van der Waals surface area contributed by atoms with E-state index in [1.54, 1.807) is 13.4 Å². The standard InChI is InChI=1S/C23H25ClN4O3/c1-29-21-13-18-19(14-22(21)31-11-8-27-6-9-30-10-7-27)25-15-26-23(18)28-5-4-16-2-3-17(24)12-20(16)28/h2-3,12-15H,4-11H2,1H3. The van der Waals surface area contributed by atoms with Crippen LogP contribution in [-0.4, -0.2) is 68.0 Å². The molecule has 8 heteroatoms. The van der Waals surface area contributed by atoms with Crippen molar-refractivity contribution < 1.29 is 14.2 Å². The number of methoxy groups -OCH3 is 1. The predicted octanol–water partition coefficient (Wildman–Crippen LogP) is 3.70. The van der Waals surface area contributed by atoms with Gasteiger partial charge in [-0.05, 0) is 30.2 Å². The number of halogens is 1. The molecule has 7 nitrogen and oxygen atoms in total. The van der Waals surface area contributed by atoms with Gasteiger partial charge in [-0.2, -0.15) is 0 Å². The molecule has 0 amide bonds. The second kappa shape index (κ2) is 8.86. The summed E-state index contributed by atoms with van der Waals surface area (Å²) in [4.78, 5) is 13.6. The summed E-state index contributed by atoms with van der Waals surface area (Å²) in [5.74, 6) is 2.22. The molecule has 0 unspecified atom stereocenters. The molecule has 0 bridgehead atoms. The molecule has 1 saturated heterocycles. The molecule has 2 aliphatic rings. The predicted molar refractivity (Wildman–Crippen MR) is 121 cm³/mol. The van der Waals surface area contributed by atoms with Crippen LogP contribution in [0.5, 0.6) is 11.5 Å². The van der Waals surface area contributed by atoms with Crippen LogP contribution in [0.4, 0.5) is 11.5 Å². The van der Waals surface area contributed by atoms with E-state index in [0.29, 0.717) is 18.1 Å². The minimum absolute atomic E-state index is 0.581. The van der Waals surface area contributed by atoms with Gasteiger partial charge in [0, 0.05) is 48.3 Å². The van der Waals surface area contributed by atoms with E-state index in [1.807, 2.05) is 24.3 Å². The number of benzene rings is 2. The van der Waals surface area contributed by atoms with Crippen LogP contribution in [0.25, 0.3) is 10.9 Å². The average Bonchev–Trinajstić information content (AvgIpc) is 3.21. The Morgan fingerprint density at radius 3 is 2.77 bits per heavy atom. The molecule has 31 heavy (non-hydrogen) atoms. The van der Waals surface area contributed by atoms with Crippen molar-refractivity contribution in [3.63, 3.8) is 0 Å². The molecule has 2 aliphatic heterocycles. The molecule has 0 aliphatic carbocycles. The van der Waals surface area contributed by atoms with E-state index < -0.39 is 0 Å². The first kappa shape index (κ1) is 20.3. The van der Waals surface area contributed by atoms with Crippen molar-refractivity contribution in [3.8, 4) is 11.5 Å². The van der Waals surface area contributed by atoms with Gasteiger partial charge < -0.3 is 19.1 Å². The van der Waals surface area contributed by atoms with Crippen molar-refractivity contribution in [1.82, 2.24) is 14.9 Å². The lowest BCUT2D eigenvalue weighted by Crippen LogP contribution is -2.38. The lowest BCUT2D eigenvalue weighted by molar-refractivity contribution is 0.0321. The number of nitrogens with zero attached hydrogens (tertiary/aromatic N) is 4. The second-order valence-corrected chi connectivity index (χ2v) is 8.13. The van der Waals surface area contributed by atoms with Gasteiger partial charge in [-0.25, -0.2) is 9.97 Å². The molecule has 0 spiro atoms. The number of hydrogen-bond donors (Lipinski definition) is 0. The third-order valence-corrected chi connectivity index (χ3v) is 6.10. The molecule has 0 saturated carbocycles. The highest BCUT2D eigenvalue weighted by Crippen LogP contribution is 2.40. The minimum Gasteiger partial charge on any atom is -0.493 e. The van der Waals surface area contributed by atoms with Gasteiger partial charge in [0.1, 0.15) is 18.8 Å². The summed E-state index contributed by atoms with van der Waals surface area (Å²) in [6.45, 7) is 5.73. The fourth-order valence-electron chi connectivity index (χ4n) is 4.22. The molecule has 3 aromatic rings. The lowest BCUT2D eigenvalue weighted by Gasteiger charge is -2.26. The highest BCUT2D eigenvalue weighted by molar-refractivity contribution is 6.31. The summed E-state index contributed by atoms with van der Waals surface area (Å²) in [5, 5.41) is 1.64. The molecule has 2 aromatic carbocycles. The number of anilines is 2. The van der Waals surface area contributed by atoms with Crippen LogP contribution in [-0.2, 0) is 11.2 Å². The Kier molecular flexibility index (Phi) is 5.80. The first-order valence-corrected chi connectivity index (χ1v) is 10.9. The molecule has 1 fully saturated rings. The number of ether oxygens (including phenoxy) is 3. The maximum Gasteiger partial charge on any atom is 0.163 e. The van der Waals surface area contributed by atoms with Gasteiger partial charge in [-0.1, -0.05) is 17.7 Å². The van der Waals surface area contributed by atoms with Crippen LogP contribution in [0.1, 0.15) is 5.56 Å². The quantitative estimate of drug-likeness (QED) is 0.579. The fraction of sp³-hybridized carbons (Fsp3) is 0.391. The number of aromatic nitrogens is 2. The van der Waals surface area contributed by atoms with E-state index >= 15 is 0 Å². The third-order valence-electron chi connectivity index (χ3n) is 5.87. The van der Waals surface area contributed by atoms with Crippen molar-refractivity contribution >= 4 is 34.0 Å². The summed E-state index contributed by atoms with van der Waals surface area (Å²) in [7, 11) is 1.66. The maximum absolute atomic E-state index is 6.26. The van der Waals surface area contributed by atoms with E-state index in [9.17, 15) is 0 Å². The Morgan fingerprint density at radius 1 is 1.06 bits per heavy atom. The first-order valence-electron chi connectivity index (χ1n) is 10.5. The van der Waals surface area contributed by atoms with Crippen molar-refractivity contribution in [3.05, 3.63) is 47.2 Å². The van der Waals surface area contributed by atoms with Crippen LogP contribution in [0.15, 0.2) is 36.7 Å². The van der Waals surface area contributed by atoms with Crippen molar-refractivity contribution in [2.75, 3.05) is 58.0 Å². The maximum atomic E-state index is 6.26. The highest BCUT2D eigenvalue weighted by Gasteiger charge is 2.24. The highest BCUT2D eigenvalue weighted by atomic mass is 35.5. The summed E-state index contributed by atoms with van der Waals surface area (Å²) in [6, 6.07) is 9.93. The van der Waals surface area contributed by atoms with Crippen molar-refractivity contribution in [2.24, 2.45) is 0 Å². The third kappa shape index (κ3) is 4.13. The first-order chi connectivity index (χ1) is 15.2. The molecule has 1 aromatic heterocycles. The van der Waals surface area contributed by atoms with E-state index in [1.165, 1.54) is 5.56 Å². The molecule has 0 N–H and O–H groups in total. The Morgan fingerprint density at radius 2 is 1.94 bits per heavy atom. The molecule has 0 radical (unpaired) electrons. The molecule has 5 rings (SSSR count). The number of morpholine rings is 1. The minimum atomic E-state index is 0.581. The Labute approximate surface area is 186 Å². The Hall–Kier alpha value is -2.61. The monoisotopic (exact) mass is 440 g/mol. The van der Waals surface area contributed by atoms with Gasteiger partial charge in [0.25, 0.3) is 0 Å². The van der Waals surface area contributed by atoms with E-state index in [0.717, 1.165) is 73.2 Å². The summed E-state index contributed by atoms with van der Waals surface area (Å²) in [6.07, 6.45) is 2.56. The van der Waals surface area contributed by atoms with Gasteiger partial charge >= 0.3 is 0 Å². The molecule has 0 atom stereocenters. The lowest BCUT2D eigenvalue weighted by atomic mass is 10.1. The molecule has 3 heterocycles. The number of rotatable bonds is 6. The number of hydrogen-bond acceptors (Lipinski definition) is 7. The van der Waals surface area contributed by atoms with Crippen LogP contribution in [0.3, 0.4) is 0 Å². The number of fused-ring (bicyclic) bond motifs is 2. The smallest absolute Gasteiger partial charge is 0.163 e. The Bertz CT molecular complexity index is 1090. The second-order valence-electron chi connectivity index (χ2n) is 7.69. The summed E-state index contributed by atoms with van der Waals surface area (Å²) in [5.41, 5.74) is 3.19. The zero-order valence-corrected chi connectivity index (χ0v) is 18.3. The molecular weight excluding hydrogens is 416 g/mol.